The SMILES string of the molecule is NC(=O)[C@@H](C/C=C/c1ccccc1)NC(=O)c1ccccc1C(F)(F)F. The third-order valence-corrected chi connectivity index (χ3v) is 3.61. The maximum absolute atomic E-state index is 13.0. The average molecular weight is 362 g/mol. The molecule has 2 rings (SSSR count). The van der Waals surface area contributed by atoms with E-state index in [2.05, 4.69) is 5.32 Å². The van der Waals surface area contributed by atoms with Gasteiger partial charge in [-0.05, 0) is 24.1 Å². The van der Waals surface area contributed by atoms with Crippen molar-refractivity contribution in [1.82, 2.24) is 5.32 Å². The molecule has 0 saturated carbocycles. The molecular formula is C19H17F3N2O2. The third kappa shape index (κ3) is 5.20. The number of benzene rings is 2. The van der Waals surface area contributed by atoms with Crippen LogP contribution in [0.4, 0.5) is 13.2 Å². The Labute approximate surface area is 148 Å². The molecule has 0 unspecified atom stereocenters. The fourth-order valence-electron chi connectivity index (χ4n) is 2.31. The molecular weight excluding hydrogens is 345 g/mol. The predicted molar refractivity (Wildman–Crippen MR) is 92.0 cm³/mol. The number of hydrogen-bond acceptors (Lipinski definition) is 2. The first-order chi connectivity index (χ1) is 12.3. The third-order valence-electron chi connectivity index (χ3n) is 3.61. The van der Waals surface area contributed by atoms with Crippen LogP contribution in [-0.2, 0) is 11.0 Å². The Balaban J connectivity index is 2.12. The second kappa shape index (κ2) is 8.33. The number of nitrogens with two attached hydrogens (primary N) is 1. The van der Waals surface area contributed by atoms with Crippen molar-refractivity contribution >= 4 is 17.9 Å². The highest BCUT2D eigenvalue weighted by Crippen LogP contribution is 2.31. The monoisotopic (exact) mass is 362 g/mol. The molecule has 0 radical (unpaired) electrons. The summed E-state index contributed by atoms with van der Waals surface area (Å²) < 4.78 is 39.0. The smallest absolute Gasteiger partial charge is 0.368 e. The Bertz CT molecular complexity index is 802. The van der Waals surface area contributed by atoms with Gasteiger partial charge >= 0.3 is 6.18 Å². The standard InChI is InChI=1S/C19H17F3N2O2/c20-19(21,22)15-11-5-4-10-14(15)18(26)24-16(17(23)25)12-6-9-13-7-2-1-3-8-13/h1-11,16H,12H2,(H2,23,25)(H,24,26)/b9-6+/t16-/m1/s1. The Morgan fingerprint density at radius 1 is 1.04 bits per heavy atom. The van der Waals surface area contributed by atoms with Gasteiger partial charge in [0.1, 0.15) is 6.04 Å². The molecule has 2 aromatic rings. The van der Waals surface area contributed by atoms with Crippen LogP contribution in [-0.4, -0.2) is 17.9 Å². The molecule has 136 valence electrons. The first-order valence-corrected chi connectivity index (χ1v) is 7.77. The van der Waals surface area contributed by atoms with Crippen LogP contribution >= 0.6 is 0 Å². The molecule has 0 aliphatic rings. The van der Waals surface area contributed by atoms with Crippen LogP contribution in [0.25, 0.3) is 6.08 Å². The Morgan fingerprint density at radius 3 is 2.27 bits per heavy atom. The predicted octanol–water partition coefficient (Wildman–Crippen LogP) is 3.39. The molecule has 26 heavy (non-hydrogen) atoms. The lowest BCUT2D eigenvalue weighted by Gasteiger charge is -2.16. The maximum atomic E-state index is 13.0. The van der Waals surface area contributed by atoms with Gasteiger partial charge in [-0.2, -0.15) is 13.2 Å². The second-order valence-corrected chi connectivity index (χ2v) is 5.52. The van der Waals surface area contributed by atoms with E-state index in [1.165, 1.54) is 12.1 Å². The van der Waals surface area contributed by atoms with E-state index < -0.39 is 35.2 Å². The highest BCUT2D eigenvalue weighted by Gasteiger charge is 2.35. The van der Waals surface area contributed by atoms with Crippen LogP contribution < -0.4 is 11.1 Å². The number of alkyl halides is 3. The molecule has 3 N–H and O–H groups in total. The maximum Gasteiger partial charge on any atom is 0.417 e. The van der Waals surface area contributed by atoms with Crippen LogP contribution in [0, 0.1) is 0 Å². The molecule has 0 aromatic heterocycles. The molecule has 7 heteroatoms. The molecule has 0 aliphatic carbocycles. The Morgan fingerprint density at radius 2 is 1.65 bits per heavy atom. The van der Waals surface area contributed by atoms with E-state index >= 15 is 0 Å². The lowest BCUT2D eigenvalue weighted by molar-refractivity contribution is -0.137. The largest absolute Gasteiger partial charge is 0.417 e. The minimum atomic E-state index is -4.68. The van der Waals surface area contributed by atoms with Crippen molar-refractivity contribution in [3.8, 4) is 0 Å². The first kappa shape index (κ1) is 19.2. The normalized spacial score (nSPS) is 12.7. The molecule has 2 amide bonds. The topological polar surface area (TPSA) is 72.2 Å². The van der Waals surface area contributed by atoms with Crippen molar-refractivity contribution < 1.29 is 22.8 Å². The van der Waals surface area contributed by atoms with Gasteiger partial charge in [-0.25, -0.2) is 0 Å². The lowest BCUT2D eigenvalue weighted by atomic mass is 10.1. The molecule has 0 aliphatic heterocycles. The molecule has 2 aromatic carbocycles. The molecule has 0 saturated heterocycles. The van der Waals surface area contributed by atoms with Crippen LogP contribution in [0.5, 0.6) is 0 Å². The minimum Gasteiger partial charge on any atom is -0.368 e. The molecule has 4 nitrogen and oxygen atoms in total. The van der Waals surface area contributed by atoms with Crippen LogP contribution in [0.2, 0.25) is 0 Å². The highest BCUT2D eigenvalue weighted by molar-refractivity contribution is 5.98. The van der Waals surface area contributed by atoms with Gasteiger partial charge in [0.2, 0.25) is 5.91 Å². The van der Waals surface area contributed by atoms with Crippen LogP contribution in [0.3, 0.4) is 0 Å². The number of hydrogen-bond donors (Lipinski definition) is 2. The van der Waals surface area contributed by atoms with Gasteiger partial charge in [0.15, 0.2) is 0 Å². The Kier molecular flexibility index (Phi) is 6.16. The van der Waals surface area contributed by atoms with E-state index in [0.717, 1.165) is 17.7 Å². The summed E-state index contributed by atoms with van der Waals surface area (Å²) in [6, 6.07) is 12.4. The molecule has 0 spiro atoms. The van der Waals surface area contributed by atoms with E-state index in [9.17, 15) is 22.8 Å². The molecule has 0 heterocycles. The number of nitrogens with one attached hydrogen (secondary N) is 1. The summed E-state index contributed by atoms with van der Waals surface area (Å²) in [4.78, 5) is 23.8. The number of halogens is 3. The summed E-state index contributed by atoms with van der Waals surface area (Å²) in [7, 11) is 0. The zero-order valence-electron chi connectivity index (χ0n) is 13.7. The molecule has 1 atom stereocenters. The molecule has 0 bridgehead atoms. The number of amides is 2. The van der Waals surface area contributed by atoms with Gasteiger partial charge < -0.3 is 11.1 Å². The van der Waals surface area contributed by atoms with E-state index in [0.29, 0.717) is 0 Å². The number of rotatable bonds is 6. The Hall–Kier alpha value is -3.09. The summed E-state index contributed by atoms with van der Waals surface area (Å²) in [5.41, 5.74) is 4.51. The fourth-order valence-corrected chi connectivity index (χ4v) is 2.31. The van der Waals surface area contributed by atoms with Gasteiger partial charge in [0.25, 0.3) is 5.91 Å². The average Bonchev–Trinajstić information content (AvgIpc) is 2.60. The summed E-state index contributed by atoms with van der Waals surface area (Å²) in [6.45, 7) is 0. The second-order valence-electron chi connectivity index (χ2n) is 5.52. The summed E-state index contributed by atoms with van der Waals surface area (Å²) in [5.74, 6) is -1.84. The quantitative estimate of drug-likeness (QED) is 0.827. The van der Waals surface area contributed by atoms with E-state index in [-0.39, 0.29) is 6.42 Å². The van der Waals surface area contributed by atoms with Crippen molar-refractivity contribution in [2.75, 3.05) is 0 Å². The van der Waals surface area contributed by atoms with E-state index in [1.807, 2.05) is 30.3 Å². The zero-order valence-corrected chi connectivity index (χ0v) is 13.7. The molecule has 0 fully saturated rings. The zero-order chi connectivity index (χ0) is 19.2. The van der Waals surface area contributed by atoms with E-state index in [4.69, 9.17) is 5.73 Å². The summed E-state index contributed by atoms with van der Waals surface area (Å²) in [6.07, 6.45) is -1.26. The van der Waals surface area contributed by atoms with Gasteiger partial charge in [-0.15, -0.1) is 0 Å². The number of primary amides is 1. The van der Waals surface area contributed by atoms with Crippen molar-refractivity contribution in [2.24, 2.45) is 5.73 Å². The van der Waals surface area contributed by atoms with Gasteiger partial charge in [-0.1, -0.05) is 54.6 Å². The van der Waals surface area contributed by atoms with Gasteiger partial charge in [0.05, 0.1) is 11.1 Å². The first-order valence-electron chi connectivity index (χ1n) is 7.77. The number of carbonyl (C=O) groups excluding carboxylic acids is 2. The lowest BCUT2D eigenvalue weighted by Crippen LogP contribution is -2.44. The van der Waals surface area contributed by atoms with Gasteiger partial charge in [-0.3, -0.25) is 9.59 Å². The number of carbonyl (C=O) groups is 2. The van der Waals surface area contributed by atoms with Crippen LogP contribution in [0.1, 0.15) is 27.9 Å². The minimum absolute atomic E-state index is 0.0597. The fraction of sp³-hybridized carbons (Fsp3) is 0.158. The van der Waals surface area contributed by atoms with Gasteiger partial charge in [0, 0.05) is 0 Å². The van der Waals surface area contributed by atoms with Crippen LogP contribution in [0.15, 0.2) is 60.7 Å². The van der Waals surface area contributed by atoms with Crippen molar-refractivity contribution in [2.45, 2.75) is 18.6 Å². The van der Waals surface area contributed by atoms with E-state index in [1.54, 1.807) is 12.2 Å². The van der Waals surface area contributed by atoms with Crippen molar-refractivity contribution in [3.63, 3.8) is 0 Å². The van der Waals surface area contributed by atoms with Crippen molar-refractivity contribution in [3.05, 3.63) is 77.4 Å². The highest BCUT2D eigenvalue weighted by atomic mass is 19.4. The summed E-state index contributed by atoms with van der Waals surface area (Å²) in [5, 5.41) is 2.27. The van der Waals surface area contributed by atoms with Crippen molar-refractivity contribution in [1.29, 1.82) is 0 Å². The summed E-state index contributed by atoms with van der Waals surface area (Å²) >= 11 is 0.